The maximum absolute atomic E-state index is 6.28. The molecule has 2 aliphatic rings. The minimum atomic E-state index is 0.133. The van der Waals surface area contributed by atoms with Gasteiger partial charge in [-0.15, -0.1) is 0 Å². The van der Waals surface area contributed by atoms with Crippen LogP contribution in [0.1, 0.15) is 11.5 Å². The molecule has 1 aliphatic heterocycles. The fourth-order valence-corrected chi connectivity index (χ4v) is 4.12. The highest BCUT2D eigenvalue weighted by Gasteiger charge is 2.34. The van der Waals surface area contributed by atoms with Gasteiger partial charge in [0.1, 0.15) is 11.9 Å². The van der Waals surface area contributed by atoms with Gasteiger partial charge in [0, 0.05) is 27.8 Å². The zero-order valence-electron chi connectivity index (χ0n) is 11.8. The van der Waals surface area contributed by atoms with Crippen molar-refractivity contribution in [3.8, 4) is 5.75 Å². The molecule has 6 rings (SSSR count). The molecule has 3 aromatic carbocycles. The molecular formula is C20H13NO. The fraction of sp³-hybridized carbons (Fsp3) is 0.100. The summed E-state index contributed by atoms with van der Waals surface area (Å²) in [6.45, 7) is 0. The zero-order valence-corrected chi connectivity index (χ0v) is 11.8. The first-order chi connectivity index (χ1) is 10.9. The maximum atomic E-state index is 6.28. The predicted molar refractivity (Wildman–Crippen MR) is 89.9 cm³/mol. The summed E-state index contributed by atoms with van der Waals surface area (Å²) in [5.41, 5.74) is 3.64. The van der Waals surface area contributed by atoms with Gasteiger partial charge in [-0.25, -0.2) is 0 Å². The van der Waals surface area contributed by atoms with Crippen molar-refractivity contribution in [2.45, 2.75) is 12.0 Å². The van der Waals surface area contributed by atoms with Gasteiger partial charge < -0.3 is 9.72 Å². The van der Waals surface area contributed by atoms with Crippen LogP contribution in [0.25, 0.3) is 32.6 Å². The highest BCUT2D eigenvalue weighted by molar-refractivity contribution is 6.24. The second-order valence-electron chi connectivity index (χ2n) is 6.24. The third kappa shape index (κ3) is 1.14. The highest BCUT2D eigenvalue weighted by Crippen LogP contribution is 2.48. The van der Waals surface area contributed by atoms with Gasteiger partial charge in [0.25, 0.3) is 0 Å². The molecular weight excluding hydrogens is 270 g/mol. The number of allylic oxidation sites excluding steroid dienone is 2. The Balaban J connectivity index is 1.82. The number of fused-ring (bicyclic) bond motifs is 4. The first-order valence-corrected chi connectivity index (χ1v) is 7.71. The molecule has 22 heavy (non-hydrogen) atoms. The topological polar surface area (TPSA) is 25.0 Å². The lowest BCUT2D eigenvalue weighted by Crippen LogP contribution is -2.15. The Bertz CT molecular complexity index is 1120. The van der Waals surface area contributed by atoms with Crippen molar-refractivity contribution < 1.29 is 4.74 Å². The third-order valence-electron chi connectivity index (χ3n) is 5.09. The summed E-state index contributed by atoms with van der Waals surface area (Å²) in [6.07, 6.45) is 8.73. The number of aromatic amines is 1. The Morgan fingerprint density at radius 1 is 0.909 bits per heavy atom. The lowest BCUT2D eigenvalue weighted by molar-refractivity contribution is 0.271. The van der Waals surface area contributed by atoms with Crippen LogP contribution >= 0.6 is 0 Å². The predicted octanol–water partition coefficient (Wildman–Crippen LogP) is 4.88. The second-order valence-corrected chi connectivity index (χ2v) is 6.24. The number of nitrogens with one attached hydrogen (secondary N) is 1. The minimum Gasteiger partial charge on any atom is -0.483 e. The van der Waals surface area contributed by atoms with Crippen molar-refractivity contribution in [1.82, 2.24) is 4.98 Å². The van der Waals surface area contributed by atoms with Crippen LogP contribution in [0, 0.1) is 0 Å². The van der Waals surface area contributed by atoms with Gasteiger partial charge in [0.05, 0.1) is 5.52 Å². The molecule has 2 nitrogen and oxygen atoms in total. The molecule has 1 aromatic heterocycles. The quantitative estimate of drug-likeness (QED) is 0.457. The normalized spacial score (nSPS) is 22.5. The van der Waals surface area contributed by atoms with Crippen LogP contribution in [-0.4, -0.2) is 11.1 Å². The Morgan fingerprint density at radius 3 is 2.82 bits per heavy atom. The van der Waals surface area contributed by atoms with Gasteiger partial charge in [-0.3, -0.25) is 0 Å². The van der Waals surface area contributed by atoms with E-state index in [1.165, 1.54) is 32.6 Å². The van der Waals surface area contributed by atoms with Crippen molar-refractivity contribution in [3.63, 3.8) is 0 Å². The number of H-pyrrole nitrogens is 1. The number of hydrogen-bond donors (Lipinski definition) is 1. The van der Waals surface area contributed by atoms with E-state index in [9.17, 15) is 0 Å². The van der Waals surface area contributed by atoms with E-state index in [0.29, 0.717) is 5.92 Å². The zero-order chi connectivity index (χ0) is 14.3. The summed E-state index contributed by atoms with van der Waals surface area (Å²) in [7, 11) is 0. The van der Waals surface area contributed by atoms with Gasteiger partial charge >= 0.3 is 0 Å². The smallest absolute Gasteiger partial charge is 0.148 e. The summed E-state index contributed by atoms with van der Waals surface area (Å²) in [4.78, 5) is 3.60. The van der Waals surface area contributed by atoms with Gasteiger partial charge in [-0.05, 0) is 29.0 Å². The van der Waals surface area contributed by atoms with E-state index in [1.807, 2.05) is 0 Å². The third-order valence-corrected chi connectivity index (χ3v) is 5.09. The van der Waals surface area contributed by atoms with Crippen LogP contribution in [0.15, 0.2) is 60.7 Å². The summed E-state index contributed by atoms with van der Waals surface area (Å²) in [5.74, 6) is 1.37. The Labute approximate surface area is 127 Å². The van der Waals surface area contributed by atoms with E-state index in [2.05, 4.69) is 65.7 Å². The van der Waals surface area contributed by atoms with Crippen LogP contribution in [0.2, 0.25) is 0 Å². The molecule has 1 N–H and O–H groups in total. The molecule has 0 spiro atoms. The van der Waals surface area contributed by atoms with E-state index < -0.39 is 0 Å². The molecule has 4 aromatic rings. The van der Waals surface area contributed by atoms with Crippen LogP contribution < -0.4 is 4.74 Å². The standard InChI is InChI=1S/C20H13NO/c1-2-7-16-13(5-1)14-10-12-9-8-11-4-3-6-15-17(11)18(12)19(21-15)20(14)22-16/h1-10,13,16,21H. The molecule has 0 saturated heterocycles. The Kier molecular flexibility index (Phi) is 1.75. The highest BCUT2D eigenvalue weighted by atomic mass is 16.5. The largest absolute Gasteiger partial charge is 0.483 e. The molecule has 104 valence electrons. The monoisotopic (exact) mass is 283 g/mol. The first kappa shape index (κ1) is 10.9. The molecule has 2 unspecified atom stereocenters. The molecule has 0 fully saturated rings. The number of ether oxygens (including phenoxy) is 1. The van der Waals surface area contributed by atoms with E-state index in [0.717, 1.165) is 11.3 Å². The van der Waals surface area contributed by atoms with Crippen LogP contribution in [0.4, 0.5) is 0 Å². The molecule has 1 aliphatic carbocycles. The lowest BCUT2D eigenvalue weighted by Gasteiger charge is -2.13. The molecule has 2 heterocycles. The van der Waals surface area contributed by atoms with Crippen LogP contribution in [0.5, 0.6) is 5.75 Å². The summed E-state index contributed by atoms with van der Waals surface area (Å²) in [5, 5.41) is 5.21. The molecule has 2 atom stereocenters. The van der Waals surface area contributed by atoms with Gasteiger partial charge in [-0.2, -0.15) is 0 Å². The minimum absolute atomic E-state index is 0.133. The lowest BCUT2D eigenvalue weighted by atomic mass is 9.90. The summed E-state index contributed by atoms with van der Waals surface area (Å²) < 4.78 is 6.28. The van der Waals surface area contributed by atoms with E-state index in [1.54, 1.807) is 0 Å². The number of benzene rings is 3. The Hall–Kier alpha value is -2.74. The number of hydrogen-bond acceptors (Lipinski definition) is 1. The second kappa shape index (κ2) is 3.53. The van der Waals surface area contributed by atoms with Gasteiger partial charge in [0.15, 0.2) is 0 Å². The van der Waals surface area contributed by atoms with Gasteiger partial charge in [0.2, 0.25) is 0 Å². The van der Waals surface area contributed by atoms with Gasteiger partial charge in [-0.1, -0.05) is 42.5 Å². The fourth-order valence-electron chi connectivity index (χ4n) is 4.12. The average molecular weight is 283 g/mol. The molecule has 0 radical (unpaired) electrons. The first-order valence-electron chi connectivity index (χ1n) is 7.71. The van der Waals surface area contributed by atoms with E-state index in [-0.39, 0.29) is 6.10 Å². The van der Waals surface area contributed by atoms with Crippen molar-refractivity contribution in [2.75, 3.05) is 0 Å². The summed E-state index contributed by atoms with van der Waals surface area (Å²) >= 11 is 0. The molecule has 2 heteroatoms. The Morgan fingerprint density at radius 2 is 1.82 bits per heavy atom. The maximum Gasteiger partial charge on any atom is 0.148 e. The molecule has 0 saturated carbocycles. The van der Waals surface area contributed by atoms with Crippen LogP contribution in [-0.2, 0) is 0 Å². The SMILES string of the molecule is C1=CC2Oc3c(cc4ccc5cccc6[nH]c3c4c56)C2C=C1. The van der Waals surface area contributed by atoms with Crippen molar-refractivity contribution in [2.24, 2.45) is 0 Å². The van der Waals surface area contributed by atoms with Crippen molar-refractivity contribution in [3.05, 3.63) is 66.3 Å². The van der Waals surface area contributed by atoms with Crippen molar-refractivity contribution >= 4 is 32.6 Å². The van der Waals surface area contributed by atoms with E-state index in [4.69, 9.17) is 4.74 Å². The van der Waals surface area contributed by atoms with Crippen molar-refractivity contribution in [1.29, 1.82) is 0 Å². The summed E-state index contributed by atoms with van der Waals surface area (Å²) in [6, 6.07) is 13.2. The van der Waals surface area contributed by atoms with E-state index >= 15 is 0 Å². The average Bonchev–Trinajstić information content (AvgIpc) is 3.12. The number of rotatable bonds is 0. The molecule has 0 bridgehead atoms. The van der Waals surface area contributed by atoms with Crippen LogP contribution in [0.3, 0.4) is 0 Å². The molecule has 0 amide bonds. The number of aromatic nitrogens is 1.